The number of nitrogens with two attached hydrogens (primary N) is 1. The van der Waals surface area contributed by atoms with Gasteiger partial charge in [-0.3, -0.25) is 4.90 Å². The van der Waals surface area contributed by atoms with Crippen molar-refractivity contribution in [2.45, 2.75) is 25.0 Å². The van der Waals surface area contributed by atoms with Crippen LogP contribution >= 0.6 is 0 Å². The van der Waals surface area contributed by atoms with E-state index >= 15 is 0 Å². The van der Waals surface area contributed by atoms with Gasteiger partial charge in [-0.2, -0.15) is 15.8 Å². The molecule has 1 saturated carbocycles. The molecule has 2 atom stereocenters. The van der Waals surface area contributed by atoms with Crippen molar-refractivity contribution in [1.29, 1.82) is 15.8 Å². The zero-order valence-electron chi connectivity index (χ0n) is 12.2. The summed E-state index contributed by atoms with van der Waals surface area (Å²) in [6.45, 7) is 2.49. The van der Waals surface area contributed by atoms with Gasteiger partial charge in [0.2, 0.25) is 5.88 Å². The first-order valence-corrected chi connectivity index (χ1v) is 7.39. The smallest absolute Gasteiger partial charge is 0.203 e. The molecule has 0 unspecified atom stereocenters. The van der Waals surface area contributed by atoms with Gasteiger partial charge in [-0.25, -0.2) is 0 Å². The van der Waals surface area contributed by atoms with E-state index in [9.17, 15) is 15.8 Å². The van der Waals surface area contributed by atoms with Crippen LogP contribution < -0.4 is 5.73 Å². The molecular formula is C15H17N5O2. The standard InChI is InChI=1S/C15H17N5O2/c16-8-11-13(19)22-15(20-4-6-21-7-5-20)3-1-2-12(15)14(11,9-17)10-18/h12H,1-7,19H2/t12-,15+/m0/s1. The first-order valence-electron chi connectivity index (χ1n) is 7.39. The number of hydrogen-bond donors (Lipinski definition) is 1. The van der Waals surface area contributed by atoms with Crippen molar-refractivity contribution in [3.05, 3.63) is 11.5 Å². The Morgan fingerprint density at radius 2 is 1.86 bits per heavy atom. The molecule has 1 saturated heterocycles. The Balaban J connectivity index is 2.14. The van der Waals surface area contributed by atoms with Crippen LogP contribution in [-0.4, -0.2) is 36.9 Å². The highest BCUT2D eigenvalue weighted by Gasteiger charge is 2.64. The van der Waals surface area contributed by atoms with Gasteiger partial charge in [0.25, 0.3) is 0 Å². The lowest BCUT2D eigenvalue weighted by Crippen LogP contribution is -2.62. The van der Waals surface area contributed by atoms with Crippen LogP contribution in [0.1, 0.15) is 19.3 Å². The molecule has 3 aliphatic rings. The van der Waals surface area contributed by atoms with Crippen molar-refractivity contribution >= 4 is 0 Å². The topological polar surface area (TPSA) is 119 Å². The minimum Gasteiger partial charge on any atom is -0.456 e. The van der Waals surface area contributed by atoms with Crippen molar-refractivity contribution in [3.63, 3.8) is 0 Å². The molecule has 2 heterocycles. The summed E-state index contributed by atoms with van der Waals surface area (Å²) in [5.74, 6) is -0.467. The van der Waals surface area contributed by atoms with Crippen LogP contribution in [0.4, 0.5) is 0 Å². The Morgan fingerprint density at radius 3 is 2.45 bits per heavy atom. The summed E-state index contributed by atoms with van der Waals surface area (Å²) in [5, 5.41) is 28.8. The maximum Gasteiger partial charge on any atom is 0.203 e. The highest BCUT2D eigenvalue weighted by molar-refractivity contribution is 5.47. The molecule has 1 aliphatic carbocycles. The van der Waals surface area contributed by atoms with E-state index in [0.29, 0.717) is 39.1 Å². The van der Waals surface area contributed by atoms with Crippen LogP contribution in [-0.2, 0) is 9.47 Å². The predicted molar refractivity (Wildman–Crippen MR) is 74.0 cm³/mol. The lowest BCUT2D eigenvalue weighted by Gasteiger charge is -2.51. The molecule has 7 nitrogen and oxygen atoms in total. The zero-order valence-corrected chi connectivity index (χ0v) is 12.2. The lowest BCUT2D eigenvalue weighted by atomic mass is 9.66. The predicted octanol–water partition coefficient (Wildman–Crippen LogP) is 0.573. The molecule has 0 aromatic heterocycles. The van der Waals surface area contributed by atoms with Gasteiger partial charge >= 0.3 is 0 Å². The third kappa shape index (κ3) is 1.72. The van der Waals surface area contributed by atoms with Crippen LogP contribution in [0.2, 0.25) is 0 Å². The summed E-state index contributed by atoms with van der Waals surface area (Å²) in [5.41, 5.74) is 3.58. The average molecular weight is 299 g/mol. The van der Waals surface area contributed by atoms with Crippen molar-refractivity contribution in [3.8, 4) is 18.2 Å². The molecule has 0 amide bonds. The van der Waals surface area contributed by atoms with Crippen LogP contribution in [0, 0.1) is 45.3 Å². The van der Waals surface area contributed by atoms with Crippen LogP contribution in [0.3, 0.4) is 0 Å². The molecule has 0 spiro atoms. The Hall–Kier alpha value is -2.27. The van der Waals surface area contributed by atoms with Crippen LogP contribution in [0.5, 0.6) is 0 Å². The van der Waals surface area contributed by atoms with E-state index < -0.39 is 11.1 Å². The van der Waals surface area contributed by atoms with E-state index in [2.05, 4.69) is 17.0 Å². The Labute approximate surface area is 129 Å². The van der Waals surface area contributed by atoms with Gasteiger partial charge in [0.05, 0.1) is 31.3 Å². The molecule has 2 N–H and O–H groups in total. The minimum atomic E-state index is -1.54. The number of hydrogen-bond acceptors (Lipinski definition) is 7. The van der Waals surface area contributed by atoms with Crippen molar-refractivity contribution in [2.75, 3.05) is 26.3 Å². The first kappa shape index (κ1) is 14.7. The highest BCUT2D eigenvalue weighted by atomic mass is 16.5. The third-order valence-electron chi connectivity index (χ3n) is 5.03. The number of fused-ring (bicyclic) bond motifs is 1. The van der Waals surface area contributed by atoms with Crippen LogP contribution in [0.15, 0.2) is 11.5 Å². The van der Waals surface area contributed by atoms with E-state index in [-0.39, 0.29) is 17.4 Å². The molecule has 7 heteroatoms. The summed E-state index contributed by atoms with van der Waals surface area (Å²) in [7, 11) is 0. The van der Waals surface area contributed by atoms with E-state index in [1.165, 1.54) is 0 Å². The summed E-state index contributed by atoms with van der Waals surface area (Å²) in [6, 6.07) is 6.07. The summed E-state index contributed by atoms with van der Waals surface area (Å²) < 4.78 is 11.4. The van der Waals surface area contributed by atoms with Gasteiger partial charge in [0.1, 0.15) is 11.6 Å². The van der Waals surface area contributed by atoms with Crippen LogP contribution in [0.25, 0.3) is 0 Å². The van der Waals surface area contributed by atoms with E-state index in [4.69, 9.17) is 15.2 Å². The van der Waals surface area contributed by atoms with Gasteiger partial charge in [0, 0.05) is 19.5 Å². The van der Waals surface area contributed by atoms with E-state index in [0.717, 1.165) is 6.42 Å². The Morgan fingerprint density at radius 1 is 1.18 bits per heavy atom. The number of morpholine rings is 1. The number of nitriles is 3. The number of allylic oxidation sites excluding steroid dienone is 1. The second-order valence-electron chi connectivity index (χ2n) is 5.87. The lowest BCUT2D eigenvalue weighted by molar-refractivity contribution is -0.195. The number of ether oxygens (including phenoxy) is 2. The number of rotatable bonds is 1. The fraction of sp³-hybridized carbons (Fsp3) is 0.667. The zero-order chi connectivity index (χ0) is 15.8. The summed E-state index contributed by atoms with van der Waals surface area (Å²) in [4.78, 5) is 2.12. The third-order valence-corrected chi connectivity index (χ3v) is 5.03. The Bertz CT molecular complexity index is 618. The van der Waals surface area contributed by atoms with Crippen molar-refractivity contribution < 1.29 is 9.47 Å². The molecule has 0 radical (unpaired) electrons. The minimum absolute atomic E-state index is 0.0479. The van der Waals surface area contributed by atoms with Gasteiger partial charge < -0.3 is 15.2 Å². The molecule has 114 valence electrons. The fourth-order valence-electron chi connectivity index (χ4n) is 4.07. The molecule has 3 rings (SSSR count). The maximum atomic E-state index is 9.71. The molecule has 2 aliphatic heterocycles. The molecule has 0 bridgehead atoms. The van der Waals surface area contributed by atoms with Gasteiger partial charge in [-0.05, 0) is 12.8 Å². The molecule has 22 heavy (non-hydrogen) atoms. The highest BCUT2D eigenvalue weighted by Crippen LogP contribution is 2.56. The van der Waals surface area contributed by atoms with E-state index in [1.54, 1.807) is 0 Å². The average Bonchev–Trinajstić information content (AvgIpc) is 2.99. The second-order valence-corrected chi connectivity index (χ2v) is 5.87. The first-order chi connectivity index (χ1) is 10.6. The fourth-order valence-corrected chi connectivity index (χ4v) is 4.07. The molecule has 2 fully saturated rings. The molecule has 0 aromatic carbocycles. The quantitative estimate of drug-likeness (QED) is 0.751. The molecular weight excluding hydrogens is 282 g/mol. The van der Waals surface area contributed by atoms with E-state index in [1.807, 2.05) is 6.07 Å². The second kappa shape index (κ2) is 5.18. The van der Waals surface area contributed by atoms with Gasteiger partial charge in [-0.1, -0.05) is 0 Å². The SMILES string of the molecule is N#CC1=C(N)O[C@]2(N3CCOCC3)CCC[C@H]2C1(C#N)C#N. The normalized spacial score (nSPS) is 34.0. The van der Waals surface area contributed by atoms with Gasteiger partial charge in [-0.15, -0.1) is 0 Å². The van der Waals surface area contributed by atoms with Crippen molar-refractivity contribution in [1.82, 2.24) is 4.90 Å². The van der Waals surface area contributed by atoms with Crippen molar-refractivity contribution in [2.24, 2.45) is 17.1 Å². The Kier molecular flexibility index (Phi) is 3.45. The van der Waals surface area contributed by atoms with Gasteiger partial charge in [0.15, 0.2) is 11.1 Å². The molecule has 0 aromatic rings. The maximum absolute atomic E-state index is 9.71. The monoisotopic (exact) mass is 299 g/mol. The number of nitrogens with zero attached hydrogens (tertiary/aromatic N) is 4. The summed E-state index contributed by atoms with van der Waals surface area (Å²) >= 11 is 0. The largest absolute Gasteiger partial charge is 0.456 e. The summed E-state index contributed by atoms with van der Waals surface area (Å²) in [6.07, 6.45) is 2.19.